The fraction of sp³-hybridized carbons (Fsp3) is 0.750. The number of aryl methyl sites for hydroxylation is 1. The molecule has 2 aliphatic heterocycles. The van der Waals surface area contributed by atoms with Crippen molar-refractivity contribution in [2.75, 3.05) is 13.1 Å². The summed E-state index contributed by atoms with van der Waals surface area (Å²) in [5.41, 5.74) is 0.982. The van der Waals surface area contributed by atoms with E-state index >= 15 is 0 Å². The third-order valence-electron chi connectivity index (χ3n) is 3.82. The Kier molecular flexibility index (Phi) is 2.69. The van der Waals surface area contributed by atoms with Crippen LogP contribution in [0.15, 0.2) is 10.6 Å². The monoisotopic (exact) mass is 221 g/mol. The Morgan fingerprint density at radius 3 is 3.12 bits per heavy atom. The third-order valence-corrected chi connectivity index (χ3v) is 3.82. The SMILES string of the molecule is Cc1cc(CN2C3CCNCC2CC3)on1. The van der Waals surface area contributed by atoms with E-state index in [1.807, 2.05) is 6.92 Å². The van der Waals surface area contributed by atoms with E-state index in [2.05, 4.69) is 21.4 Å². The average molecular weight is 221 g/mol. The Labute approximate surface area is 96.0 Å². The molecule has 0 saturated carbocycles. The lowest BCUT2D eigenvalue weighted by Gasteiger charge is -2.25. The van der Waals surface area contributed by atoms with Crippen molar-refractivity contribution in [3.8, 4) is 0 Å². The molecule has 2 saturated heterocycles. The van der Waals surface area contributed by atoms with Crippen molar-refractivity contribution in [3.05, 3.63) is 17.5 Å². The van der Waals surface area contributed by atoms with E-state index < -0.39 is 0 Å². The van der Waals surface area contributed by atoms with Crippen LogP contribution in [0.25, 0.3) is 0 Å². The molecule has 0 amide bonds. The fourth-order valence-electron chi connectivity index (χ4n) is 3.01. The van der Waals surface area contributed by atoms with Crippen molar-refractivity contribution in [2.24, 2.45) is 0 Å². The van der Waals surface area contributed by atoms with Crippen molar-refractivity contribution in [1.29, 1.82) is 0 Å². The van der Waals surface area contributed by atoms with Gasteiger partial charge in [-0.2, -0.15) is 0 Å². The van der Waals surface area contributed by atoms with Gasteiger partial charge >= 0.3 is 0 Å². The summed E-state index contributed by atoms with van der Waals surface area (Å²) in [7, 11) is 0. The van der Waals surface area contributed by atoms with E-state index in [9.17, 15) is 0 Å². The number of aromatic nitrogens is 1. The van der Waals surface area contributed by atoms with Gasteiger partial charge < -0.3 is 9.84 Å². The second-order valence-corrected chi connectivity index (χ2v) is 4.98. The Morgan fingerprint density at radius 1 is 1.44 bits per heavy atom. The van der Waals surface area contributed by atoms with E-state index in [-0.39, 0.29) is 0 Å². The van der Waals surface area contributed by atoms with Crippen molar-refractivity contribution >= 4 is 0 Å². The van der Waals surface area contributed by atoms with Crippen LogP contribution in [0.5, 0.6) is 0 Å². The van der Waals surface area contributed by atoms with Crippen LogP contribution in [0.1, 0.15) is 30.7 Å². The molecule has 3 heterocycles. The number of nitrogens with zero attached hydrogens (tertiary/aromatic N) is 2. The van der Waals surface area contributed by atoms with Gasteiger partial charge in [-0.15, -0.1) is 0 Å². The van der Waals surface area contributed by atoms with Crippen LogP contribution in [0, 0.1) is 6.92 Å². The van der Waals surface area contributed by atoms with Gasteiger partial charge in [0, 0.05) is 24.7 Å². The van der Waals surface area contributed by atoms with Crippen molar-refractivity contribution in [2.45, 2.75) is 44.8 Å². The molecular formula is C12H19N3O. The molecule has 16 heavy (non-hydrogen) atoms. The Morgan fingerprint density at radius 2 is 2.31 bits per heavy atom. The highest BCUT2D eigenvalue weighted by molar-refractivity contribution is 5.05. The molecule has 1 N–H and O–H groups in total. The van der Waals surface area contributed by atoms with Gasteiger partial charge in [-0.05, 0) is 32.7 Å². The van der Waals surface area contributed by atoms with Gasteiger partial charge in [0.05, 0.1) is 12.2 Å². The molecule has 2 aliphatic rings. The predicted octanol–water partition coefficient (Wildman–Crippen LogP) is 1.31. The number of fused-ring (bicyclic) bond motifs is 2. The molecule has 2 atom stereocenters. The Bertz CT molecular complexity index is 349. The highest BCUT2D eigenvalue weighted by Gasteiger charge is 2.35. The topological polar surface area (TPSA) is 41.3 Å². The first-order chi connectivity index (χ1) is 7.83. The van der Waals surface area contributed by atoms with Gasteiger partial charge in [0.25, 0.3) is 0 Å². The predicted molar refractivity (Wildman–Crippen MR) is 61.1 cm³/mol. The van der Waals surface area contributed by atoms with Gasteiger partial charge in [0.2, 0.25) is 0 Å². The molecule has 4 heteroatoms. The number of hydrogen-bond donors (Lipinski definition) is 1. The van der Waals surface area contributed by atoms with Crippen LogP contribution in [0.3, 0.4) is 0 Å². The molecule has 0 spiro atoms. The summed E-state index contributed by atoms with van der Waals surface area (Å²) in [5.74, 6) is 1.01. The summed E-state index contributed by atoms with van der Waals surface area (Å²) in [4.78, 5) is 2.60. The van der Waals surface area contributed by atoms with Crippen LogP contribution < -0.4 is 5.32 Å². The smallest absolute Gasteiger partial charge is 0.150 e. The summed E-state index contributed by atoms with van der Waals surface area (Å²) in [5, 5.41) is 7.47. The van der Waals surface area contributed by atoms with Gasteiger partial charge in [0.1, 0.15) is 0 Å². The van der Waals surface area contributed by atoms with Gasteiger partial charge in [-0.3, -0.25) is 4.90 Å². The summed E-state index contributed by atoms with van der Waals surface area (Å²) in [6, 6.07) is 3.49. The Hall–Kier alpha value is -0.870. The summed E-state index contributed by atoms with van der Waals surface area (Å²) in [6.45, 7) is 5.19. The first-order valence-electron chi connectivity index (χ1n) is 6.21. The molecular weight excluding hydrogens is 202 g/mol. The highest BCUT2D eigenvalue weighted by atomic mass is 16.5. The van der Waals surface area contributed by atoms with Crippen molar-refractivity contribution < 1.29 is 4.52 Å². The van der Waals surface area contributed by atoms with E-state index in [1.165, 1.54) is 19.3 Å². The summed E-state index contributed by atoms with van der Waals surface area (Å²) < 4.78 is 5.32. The minimum Gasteiger partial charge on any atom is -0.360 e. The number of hydrogen-bond acceptors (Lipinski definition) is 4. The van der Waals surface area contributed by atoms with E-state index in [4.69, 9.17) is 4.52 Å². The molecule has 4 nitrogen and oxygen atoms in total. The van der Waals surface area contributed by atoms with E-state index in [0.29, 0.717) is 6.04 Å². The van der Waals surface area contributed by atoms with Crippen LogP contribution in [0.4, 0.5) is 0 Å². The summed E-state index contributed by atoms with van der Waals surface area (Å²) in [6.07, 6.45) is 3.94. The molecule has 1 aromatic rings. The van der Waals surface area contributed by atoms with Crippen LogP contribution in [-0.4, -0.2) is 35.2 Å². The molecule has 2 unspecified atom stereocenters. The first kappa shape index (κ1) is 10.3. The van der Waals surface area contributed by atoms with E-state index in [1.54, 1.807) is 0 Å². The maximum Gasteiger partial charge on any atom is 0.150 e. The third kappa shape index (κ3) is 1.87. The van der Waals surface area contributed by atoms with Crippen LogP contribution in [0.2, 0.25) is 0 Å². The van der Waals surface area contributed by atoms with Crippen LogP contribution >= 0.6 is 0 Å². The molecule has 0 aromatic carbocycles. The quantitative estimate of drug-likeness (QED) is 0.817. The van der Waals surface area contributed by atoms with Crippen molar-refractivity contribution in [1.82, 2.24) is 15.4 Å². The summed E-state index contributed by atoms with van der Waals surface area (Å²) >= 11 is 0. The zero-order valence-electron chi connectivity index (χ0n) is 9.78. The minimum absolute atomic E-state index is 0.693. The minimum atomic E-state index is 0.693. The Balaban J connectivity index is 1.73. The van der Waals surface area contributed by atoms with Crippen LogP contribution in [-0.2, 0) is 6.54 Å². The standard InChI is InChI=1S/C12H19N3O/c1-9-6-12(16-14-9)8-15-10-2-3-11(15)7-13-5-4-10/h6,10-11,13H,2-5,7-8H2,1H3. The molecule has 2 bridgehead atoms. The maximum absolute atomic E-state index is 5.32. The lowest BCUT2D eigenvalue weighted by molar-refractivity contribution is 0.172. The first-order valence-corrected chi connectivity index (χ1v) is 6.21. The van der Waals surface area contributed by atoms with Gasteiger partial charge in [-0.1, -0.05) is 5.16 Å². The molecule has 0 aliphatic carbocycles. The van der Waals surface area contributed by atoms with Crippen molar-refractivity contribution in [3.63, 3.8) is 0 Å². The molecule has 88 valence electrons. The fourth-order valence-corrected chi connectivity index (χ4v) is 3.01. The van der Waals surface area contributed by atoms with Gasteiger partial charge in [-0.25, -0.2) is 0 Å². The number of nitrogens with one attached hydrogen (secondary N) is 1. The number of rotatable bonds is 2. The second kappa shape index (κ2) is 4.18. The molecule has 1 aromatic heterocycles. The lowest BCUT2D eigenvalue weighted by atomic mass is 10.1. The van der Waals surface area contributed by atoms with E-state index in [0.717, 1.165) is 37.1 Å². The molecule has 2 fully saturated rings. The average Bonchev–Trinajstić information content (AvgIpc) is 2.72. The lowest BCUT2D eigenvalue weighted by Crippen LogP contribution is -2.37. The normalized spacial score (nSPS) is 30.6. The molecule has 0 radical (unpaired) electrons. The maximum atomic E-state index is 5.32. The zero-order valence-corrected chi connectivity index (χ0v) is 9.78. The highest BCUT2D eigenvalue weighted by Crippen LogP contribution is 2.29. The largest absolute Gasteiger partial charge is 0.360 e. The molecule has 3 rings (SSSR count). The second-order valence-electron chi connectivity index (χ2n) is 4.98. The van der Waals surface area contributed by atoms with Gasteiger partial charge in [0.15, 0.2) is 5.76 Å². The zero-order chi connectivity index (χ0) is 11.0.